The van der Waals surface area contributed by atoms with E-state index < -0.39 is 0 Å². The van der Waals surface area contributed by atoms with Gasteiger partial charge in [0.2, 0.25) is 5.91 Å². The third-order valence-electron chi connectivity index (χ3n) is 2.96. The summed E-state index contributed by atoms with van der Waals surface area (Å²) in [5.74, 6) is 0.0647. The molecule has 0 aromatic heterocycles. The van der Waals surface area contributed by atoms with E-state index in [1.807, 2.05) is 37.9 Å². The van der Waals surface area contributed by atoms with Crippen LogP contribution >= 0.6 is 0 Å². The Morgan fingerprint density at radius 3 is 2.61 bits per heavy atom. The number of likely N-dealkylation sites (N-methyl/N-ethyl adjacent to an activating group) is 2. The van der Waals surface area contributed by atoms with Crippen molar-refractivity contribution in [3.8, 4) is 6.07 Å². The molecular weight excluding hydrogens is 226 g/mol. The molecule has 0 spiro atoms. The molecule has 0 N–H and O–H groups in total. The third kappa shape index (κ3) is 3.49. The molecular formula is C14H19N3O. The smallest absolute Gasteiger partial charge is 0.242 e. The Morgan fingerprint density at radius 2 is 2.06 bits per heavy atom. The van der Waals surface area contributed by atoms with Crippen molar-refractivity contribution in [2.24, 2.45) is 0 Å². The third-order valence-corrected chi connectivity index (χ3v) is 2.96. The van der Waals surface area contributed by atoms with Crippen LogP contribution in [0.4, 0.5) is 5.69 Å². The van der Waals surface area contributed by atoms with Crippen LogP contribution in [0.3, 0.4) is 0 Å². The number of anilines is 1. The Hall–Kier alpha value is -2.02. The molecule has 1 amide bonds. The molecule has 0 heterocycles. The van der Waals surface area contributed by atoms with Gasteiger partial charge in [-0.25, -0.2) is 0 Å². The van der Waals surface area contributed by atoms with E-state index in [2.05, 4.69) is 6.07 Å². The van der Waals surface area contributed by atoms with E-state index in [4.69, 9.17) is 5.26 Å². The topological polar surface area (TPSA) is 47.3 Å². The first-order chi connectivity index (χ1) is 8.45. The Bertz CT molecular complexity index is 462. The fourth-order valence-corrected chi connectivity index (χ4v) is 1.51. The van der Waals surface area contributed by atoms with Gasteiger partial charge in [0, 0.05) is 25.8 Å². The SMILES string of the molecule is CC(C)N(C)C(=O)CN(C)c1cccc(C#N)c1. The molecule has 4 heteroatoms. The number of carbonyl (C=O) groups is 1. The van der Waals surface area contributed by atoms with E-state index in [-0.39, 0.29) is 11.9 Å². The zero-order valence-electron chi connectivity index (χ0n) is 11.3. The number of benzene rings is 1. The maximum absolute atomic E-state index is 11.9. The molecule has 0 aliphatic heterocycles. The van der Waals surface area contributed by atoms with Crippen molar-refractivity contribution in [3.05, 3.63) is 29.8 Å². The first-order valence-corrected chi connectivity index (χ1v) is 5.92. The monoisotopic (exact) mass is 245 g/mol. The lowest BCUT2D eigenvalue weighted by atomic mass is 10.2. The molecule has 0 saturated carbocycles. The highest BCUT2D eigenvalue weighted by Gasteiger charge is 2.14. The summed E-state index contributed by atoms with van der Waals surface area (Å²) < 4.78 is 0. The normalized spacial score (nSPS) is 10.0. The number of nitrogens with zero attached hydrogens (tertiary/aromatic N) is 3. The lowest BCUT2D eigenvalue weighted by Crippen LogP contribution is -2.40. The molecule has 0 atom stereocenters. The first-order valence-electron chi connectivity index (χ1n) is 5.92. The van der Waals surface area contributed by atoms with Gasteiger partial charge < -0.3 is 9.80 Å². The molecule has 4 nitrogen and oxygen atoms in total. The van der Waals surface area contributed by atoms with Crippen molar-refractivity contribution in [3.63, 3.8) is 0 Å². The van der Waals surface area contributed by atoms with E-state index in [0.29, 0.717) is 12.1 Å². The molecule has 0 unspecified atom stereocenters. The van der Waals surface area contributed by atoms with Crippen molar-refractivity contribution in [1.29, 1.82) is 5.26 Å². The molecule has 0 aliphatic rings. The van der Waals surface area contributed by atoms with E-state index in [1.165, 1.54) is 0 Å². The fourth-order valence-electron chi connectivity index (χ4n) is 1.51. The van der Waals surface area contributed by atoms with Crippen LogP contribution in [0.1, 0.15) is 19.4 Å². The predicted octanol–water partition coefficient (Wildman–Crippen LogP) is 1.86. The minimum Gasteiger partial charge on any atom is -0.365 e. The number of nitriles is 1. The minimum atomic E-state index is 0.0647. The number of carbonyl (C=O) groups excluding carboxylic acids is 1. The Balaban J connectivity index is 2.73. The lowest BCUT2D eigenvalue weighted by Gasteiger charge is -2.26. The van der Waals surface area contributed by atoms with Crippen LogP contribution in [0.25, 0.3) is 0 Å². The van der Waals surface area contributed by atoms with Crippen LogP contribution < -0.4 is 4.90 Å². The molecule has 0 radical (unpaired) electrons. The summed E-state index contributed by atoms with van der Waals surface area (Å²) in [6, 6.07) is 9.53. The van der Waals surface area contributed by atoms with Crippen molar-refractivity contribution < 1.29 is 4.79 Å². The number of amides is 1. The van der Waals surface area contributed by atoms with Crippen LogP contribution in [0.15, 0.2) is 24.3 Å². The standard InChI is InChI=1S/C14H19N3O/c1-11(2)17(4)14(18)10-16(3)13-7-5-6-12(8-13)9-15/h5-8,11H,10H2,1-4H3. The number of hydrogen-bond acceptors (Lipinski definition) is 3. The zero-order chi connectivity index (χ0) is 13.7. The van der Waals surface area contributed by atoms with Crippen LogP contribution in [-0.4, -0.2) is 37.5 Å². The quantitative estimate of drug-likeness (QED) is 0.813. The van der Waals surface area contributed by atoms with Crippen LogP contribution in [0, 0.1) is 11.3 Å². The summed E-state index contributed by atoms with van der Waals surface area (Å²) in [6.45, 7) is 4.27. The van der Waals surface area contributed by atoms with Gasteiger partial charge in [-0.2, -0.15) is 5.26 Å². The Morgan fingerprint density at radius 1 is 1.39 bits per heavy atom. The van der Waals surface area contributed by atoms with Crippen molar-refractivity contribution in [2.75, 3.05) is 25.5 Å². The maximum Gasteiger partial charge on any atom is 0.242 e. The zero-order valence-corrected chi connectivity index (χ0v) is 11.3. The van der Waals surface area contributed by atoms with Gasteiger partial charge in [-0.05, 0) is 32.0 Å². The Kier molecular flexibility index (Phi) is 4.73. The van der Waals surface area contributed by atoms with Gasteiger partial charge in [0.25, 0.3) is 0 Å². The molecule has 1 aromatic carbocycles. The van der Waals surface area contributed by atoms with Crippen molar-refractivity contribution >= 4 is 11.6 Å². The highest BCUT2D eigenvalue weighted by molar-refractivity contribution is 5.81. The second kappa shape index (κ2) is 6.06. The van der Waals surface area contributed by atoms with Gasteiger partial charge in [-0.15, -0.1) is 0 Å². The summed E-state index contributed by atoms with van der Waals surface area (Å²) in [5.41, 5.74) is 1.48. The van der Waals surface area contributed by atoms with Gasteiger partial charge in [0.1, 0.15) is 0 Å². The maximum atomic E-state index is 11.9. The van der Waals surface area contributed by atoms with Gasteiger partial charge >= 0.3 is 0 Å². The molecule has 1 rings (SSSR count). The Labute approximate surface area is 108 Å². The largest absolute Gasteiger partial charge is 0.365 e. The summed E-state index contributed by atoms with van der Waals surface area (Å²) in [5, 5.41) is 8.84. The van der Waals surface area contributed by atoms with E-state index in [9.17, 15) is 4.79 Å². The van der Waals surface area contributed by atoms with Crippen LogP contribution in [-0.2, 0) is 4.79 Å². The van der Waals surface area contributed by atoms with Gasteiger partial charge in [-0.1, -0.05) is 6.07 Å². The molecule has 0 saturated heterocycles. The lowest BCUT2D eigenvalue weighted by molar-refractivity contribution is -0.129. The second-order valence-corrected chi connectivity index (χ2v) is 4.62. The predicted molar refractivity (Wildman–Crippen MR) is 72.3 cm³/mol. The van der Waals surface area contributed by atoms with E-state index >= 15 is 0 Å². The highest BCUT2D eigenvalue weighted by atomic mass is 16.2. The fraction of sp³-hybridized carbons (Fsp3) is 0.429. The molecule has 0 fully saturated rings. The summed E-state index contributed by atoms with van der Waals surface area (Å²) in [4.78, 5) is 15.5. The molecule has 18 heavy (non-hydrogen) atoms. The number of rotatable bonds is 4. The van der Waals surface area contributed by atoms with Crippen LogP contribution in [0.2, 0.25) is 0 Å². The van der Waals surface area contributed by atoms with Crippen molar-refractivity contribution in [1.82, 2.24) is 4.90 Å². The van der Waals surface area contributed by atoms with Gasteiger partial charge in [0.05, 0.1) is 18.2 Å². The summed E-state index contributed by atoms with van der Waals surface area (Å²) in [6.07, 6.45) is 0. The van der Waals surface area contributed by atoms with Crippen molar-refractivity contribution in [2.45, 2.75) is 19.9 Å². The minimum absolute atomic E-state index is 0.0647. The van der Waals surface area contributed by atoms with E-state index in [1.54, 1.807) is 24.1 Å². The molecule has 96 valence electrons. The van der Waals surface area contributed by atoms with Crippen LogP contribution in [0.5, 0.6) is 0 Å². The summed E-state index contributed by atoms with van der Waals surface area (Å²) in [7, 11) is 3.65. The average molecular weight is 245 g/mol. The average Bonchev–Trinajstić information content (AvgIpc) is 2.37. The second-order valence-electron chi connectivity index (χ2n) is 4.62. The molecule has 0 aliphatic carbocycles. The number of hydrogen-bond donors (Lipinski definition) is 0. The highest BCUT2D eigenvalue weighted by Crippen LogP contribution is 2.14. The summed E-state index contributed by atoms with van der Waals surface area (Å²) >= 11 is 0. The molecule has 0 bridgehead atoms. The van der Waals surface area contributed by atoms with Gasteiger partial charge in [-0.3, -0.25) is 4.79 Å². The van der Waals surface area contributed by atoms with Gasteiger partial charge in [0.15, 0.2) is 0 Å². The first kappa shape index (κ1) is 14.0. The van der Waals surface area contributed by atoms with E-state index in [0.717, 1.165) is 5.69 Å². The molecule has 1 aromatic rings.